The maximum Gasteiger partial charge on any atom is 0.227 e. The highest BCUT2D eigenvalue weighted by atomic mass is 16.1. The van der Waals surface area contributed by atoms with Crippen molar-refractivity contribution in [2.75, 3.05) is 12.4 Å². The van der Waals surface area contributed by atoms with Gasteiger partial charge in [0.05, 0.1) is 5.69 Å². The van der Waals surface area contributed by atoms with Gasteiger partial charge in [0.15, 0.2) is 5.96 Å². The van der Waals surface area contributed by atoms with Crippen LogP contribution in [0.4, 0.5) is 5.69 Å². The molecular weight excluding hydrogens is 352 g/mol. The summed E-state index contributed by atoms with van der Waals surface area (Å²) in [5.74, 6) is 1.05. The van der Waals surface area contributed by atoms with E-state index in [-0.39, 0.29) is 11.8 Å². The summed E-state index contributed by atoms with van der Waals surface area (Å²) in [5, 5.41) is 14.1. The van der Waals surface area contributed by atoms with Gasteiger partial charge in [0.2, 0.25) is 5.91 Å². The number of nitrogens with zero attached hydrogens (tertiary/aromatic N) is 3. The van der Waals surface area contributed by atoms with E-state index in [1.54, 1.807) is 7.05 Å². The van der Waals surface area contributed by atoms with Gasteiger partial charge < -0.3 is 16.0 Å². The SMILES string of the molecule is CN=C(NCc1cccc(NC(=O)C2CCC2)c1)NCc1c(C)nn(C)c1C. The highest BCUT2D eigenvalue weighted by Crippen LogP contribution is 2.27. The minimum atomic E-state index is 0.135. The molecule has 28 heavy (non-hydrogen) atoms. The highest BCUT2D eigenvalue weighted by molar-refractivity contribution is 5.93. The van der Waals surface area contributed by atoms with Crippen LogP contribution in [0.3, 0.4) is 0 Å². The Labute approximate surface area is 166 Å². The van der Waals surface area contributed by atoms with Gasteiger partial charge in [-0.1, -0.05) is 18.6 Å². The second kappa shape index (κ2) is 8.91. The molecule has 1 aliphatic carbocycles. The number of hydrogen-bond acceptors (Lipinski definition) is 3. The van der Waals surface area contributed by atoms with E-state index in [2.05, 4.69) is 33.0 Å². The van der Waals surface area contributed by atoms with Gasteiger partial charge in [0.1, 0.15) is 0 Å². The van der Waals surface area contributed by atoms with E-state index in [1.165, 1.54) is 5.56 Å². The Kier molecular flexibility index (Phi) is 6.34. The minimum Gasteiger partial charge on any atom is -0.352 e. The number of amides is 1. The Bertz CT molecular complexity index is 866. The van der Waals surface area contributed by atoms with Crippen molar-refractivity contribution in [3.63, 3.8) is 0 Å². The Morgan fingerprint density at radius 1 is 1.25 bits per heavy atom. The molecule has 1 saturated carbocycles. The topological polar surface area (TPSA) is 83.3 Å². The molecular formula is C21H30N6O. The first-order valence-electron chi connectivity index (χ1n) is 9.81. The third-order valence-electron chi connectivity index (χ3n) is 5.45. The van der Waals surface area contributed by atoms with Crippen molar-refractivity contribution in [1.82, 2.24) is 20.4 Å². The summed E-state index contributed by atoms with van der Waals surface area (Å²) < 4.78 is 1.89. The van der Waals surface area contributed by atoms with Gasteiger partial charge in [-0.2, -0.15) is 5.10 Å². The predicted octanol–water partition coefficient (Wildman–Crippen LogP) is 2.64. The number of hydrogen-bond donors (Lipinski definition) is 3. The molecule has 7 heteroatoms. The Balaban J connectivity index is 1.53. The number of aliphatic imine (C=N–C) groups is 1. The number of carbonyl (C=O) groups excluding carboxylic acids is 1. The molecule has 0 bridgehead atoms. The zero-order valence-corrected chi connectivity index (χ0v) is 17.2. The predicted molar refractivity (Wildman–Crippen MR) is 112 cm³/mol. The van der Waals surface area contributed by atoms with Crippen LogP contribution >= 0.6 is 0 Å². The lowest BCUT2D eigenvalue weighted by molar-refractivity contribution is -0.122. The molecule has 1 aromatic carbocycles. The maximum atomic E-state index is 12.1. The first kappa shape index (κ1) is 19.9. The Morgan fingerprint density at radius 2 is 2.00 bits per heavy atom. The molecule has 0 radical (unpaired) electrons. The Morgan fingerprint density at radius 3 is 2.61 bits per heavy atom. The standard InChI is InChI=1S/C21H30N6O/c1-14-19(15(2)27(4)26-14)13-24-21(22-3)23-12-16-7-5-10-18(11-16)25-20(28)17-8-6-9-17/h5,7,10-11,17H,6,8-9,12-13H2,1-4H3,(H,25,28)(H2,22,23,24). The van der Waals surface area contributed by atoms with Crippen LogP contribution < -0.4 is 16.0 Å². The minimum absolute atomic E-state index is 0.135. The van der Waals surface area contributed by atoms with Gasteiger partial charge in [-0.05, 0) is 44.4 Å². The van der Waals surface area contributed by atoms with Gasteiger partial charge in [0, 0.05) is 50.0 Å². The number of guanidine groups is 1. The van der Waals surface area contributed by atoms with E-state index in [9.17, 15) is 4.79 Å². The molecule has 0 saturated heterocycles. The van der Waals surface area contributed by atoms with E-state index in [0.717, 1.165) is 47.9 Å². The lowest BCUT2D eigenvalue weighted by Crippen LogP contribution is -2.36. The molecule has 1 heterocycles. The van der Waals surface area contributed by atoms with Crippen molar-refractivity contribution in [3.8, 4) is 0 Å². The van der Waals surface area contributed by atoms with Crippen LogP contribution in [0.25, 0.3) is 0 Å². The van der Waals surface area contributed by atoms with Crippen molar-refractivity contribution >= 4 is 17.6 Å². The number of nitrogens with one attached hydrogen (secondary N) is 3. The third kappa shape index (κ3) is 4.71. The molecule has 1 aliphatic rings. The van der Waals surface area contributed by atoms with Crippen LogP contribution in [-0.4, -0.2) is 28.7 Å². The normalized spacial score (nSPS) is 14.5. The summed E-state index contributed by atoms with van der Waals surface area (Å²) in [4.78, 5) is 16.4. The molecule has 7 nitrogen and oxygen atoms in total. The lowest BCUT2D eigenvalue weighted by Gasteiger charge is -2.24. The van der Waals surface area contributed by atoms with Gasteiger partial charge in [-0.25, -0.2) is 0 Å². The fraction of sp³-hybridized carbons (Fsp3) is 0.476. The van der Waals surface area contributed by atoms with Crippen molar-refractivity contribution in [2.24, 2.45) is 18.0 Å². The molecule has 1 aromatic heterocycles. The van der Waals surface area contributed by atoms with Gasteiger partial charge in [-0.15, -0.1) is 0 Å². The van der Waals surface area contributed by atoms with Crippen LogP contribution in [0.2, 0.25) is 0 Å². The average molecular weight is 383 g/mol. The summed E-state index contributed by atoms with van der Waals surface area (Å²) in [6, 6.07) is 7.94. The summed E-state index contributed by atoms with van der Waals surface area (Å²) >= 11 is 0. The quantitative estimate of drug-likeness (QED) is 0.530. The van der Waals surface area contributed by atoms with Crippen LogP contribution in [0.5, 0.6) is 0 Å². The van der Waals surface area contributed by atoms with Crippen LogP contribution in [0.1, 0.15) is 41.8 Å². The summed E-state index contributed by atoms with van der Waals surface area (Å²) in [7, 11) is 3.71. The smallest absolute Gasteiger partial charge is 0.227 e. The molecule has 0 atom stereocenters. The molecule has 3 rings (SSSR count). The zero-order valence-electron chi connectivity index (χ0n) is 17.2. The third-order valence-corrected chi connectivity index (χ3v) is 5.45. The maximum absolute atomic E-state index is 12.1. The molecule has 1 fully saturated rings. The van der Waals surface area contributed by atoms with Crippen LogP contribution in [0, 0.1) is 19.8 Å². The van der Waals surface area contributed by atoms with Crippen molar-refractivity contribution in [1.29, 1.82) is 0 Å². The Hall–Kier alpha value is -2.83. The van der Waals surface area contributed by atoms with Gasteiger partial charge in [-0.3, -0.25) is 14.5 Å². The number of rotatable bonds is 6. The monoisotopic (exact) mass is 382 g/mol. The first-order chi connectivity index (χ1) is 13.5. The molecule has 2 aromatic rings. The largest absolute Gasteiger partial charge is 0.352 e. The summed E-state index contributed by atoms with van der Waals surface area (Å²) in [5.41, 5.74) is 5.29. The number of aromatic nitrogens is 2. The van der Waals surface area contributed by atoms with E-state index < -0.39 is 0 Å². The average Bonchev–Trinajstić information content (AvgIpc) is 2.86. The van der Waals surface area contributed by atoms with Crippen molar-refractivity contribution in [3.05, 3.63) is 46.8 Å². The van der Waals surface area contributed by atoms with Crippen molar-refractivity contribution < 1.29 is 4.79 Å². The summed E-state index contributed by atoms with van der Waals surface area (Å²) in [6.07, 6.45) is 3.17. The molecule has 150 valence electrons. The van der Waals surface area contributed by atoms with E-state index in [0.29, 0.717) is 13.1 Å². The second-order valence-electron chi connectivity index (χ2n) is 7.37. The molecule has 0 aliphatic heterocycles. The molecule has 0 unspecified atom stereocenters. The van der Waals surface area contributed by atoms with E-state index >= 15 is 0 Å². The number of aryl methyl sites for hydroxylation is 2. The van der Waals surface area contributed by atoms with E-state index in [4.69, 9.17) is 0 Å². The summed E-state index contributed by atoms with van der Waals surface area (Å²) in [6.45, 7) is 5.38. The first-order valence-corrected chi connectivity index (χ1v) is 9.81. The van der Waals surface area contributed by atoms with Gasteiger partial charge in [0.25, 0.3) is 0 Å². The highest BCUT2D eigenvalue weighted by Gasteiger charge is 2.25. The lowest BCUT2D eigenvalue weighted by atomic mass is 9.85. The molecule has 0 spiro atoms. The van der Waals surface area contributed by atoms with Gasteiger partial charge >= 0.3 is 0 Å². The van der Waals surface area contributed by atoms with E-state index in [1.807, 2.05) is 42.9 Å². The zero-order chi connectivity index (χ0) is 20.1. The van der Waals surface area contributed by atoms with Crippen LogP contribution in [0.15, 0.2) is 29.3 Å². The fourth-order valence-electron chi connectivity index (χ4n) is 3.33. The number of anilines is 1. The second-order valence-corrected chi connectivity index (χ2v) is 7.37. The molecule has 3 N–H and O–H groups in total. The van der Waals surface area contributed by atoms with Crippen molar-refractivity contribution in [2.45, 2.75) is 46.2 Å². The number of carbonyl (C=O) groups is 1. The number of benzene rings is 1. The molecule has 1 amide bonds. The fourth-order valence-corrected chi connectivity index (χ4v) is 3.33. The van der Waals surface area contributed by atoms with Crippen LogP contribution in [-0.2, 0) is 24.9 Å².